The molecule has 110 valence electrons. The SMILES string of the molecule is NCCC[C@H]1CCCN(C(=O)OCc2ccccc2)C1. The van der Waals surface area contributed by atoms with E-state index in [1.165, 1.54) is 6.42 Å². The Hall–Kier alpha value is -1.55. The highest BCUT2D eigenvalue weighted by Crippen LogP contribution is 2.21. The summed E-state index contributed by atoms with van der Waals surface area (Å²) >= 11 is 0. The van der Waals surface area contributed by atoms with Crippen LogP contribution in [0.4, 0.5) is 4.79 Å². The molecule has 0 aromatic heterocycles. The first kappa shape index (κ1) is 14.9. The smallest absolute Gasteiger partial charge is 0.410 e. The molecule has 0 saturated carbocycles. The Kier molecular flexibility index (Phi) is 5.87. The predicted octanol–water partition coefficient (Wildman–Crippen LogP) is 2.77. The van der Waals surface area contributed by atoms with Gasteiger partial charge in [0.25, 0.3) is 0 Å². The zero-order chi connectivity index (χ0) is 14.2. The molecule has 2 N–H and O–H groups in total. The van der Waals surface area contributed by atoms with E-state index in [-0.39, 0.29) is 6.09 Å². The molecule has 1 aliphatic heterocycles. The van der Waals surface area contributed by atoms with Crippen LogP contribution in [0.25, 0.3) is 0 Å². The average molecular weight is 276 g/mol. The lowest BCUT2D eigenvalue weighted by atomic mass is 9.94. The third kappa shape index (κ3) is 4.53. The maximum absolute atomic E-state index is 12.1. The number of rotatable bonds is 5. The van der Waals surface area contributed by atoms with E-state index in [0.29, 0.717) is 12.5 Å². The summed E-state index contributed by atoms with van der Waals surface area (Å²) in [4.78, 5) is 13.9. The summed E-state index contributed by atoms with van der Waals surface area (Å²) in [5, 5.41) is 0. The number of carbonyl (C=O) groups excluding carboxylic acids is 1. The zero-order valence-electron chi connectivity index (χ0n) is 12.0. The molecule has 0 spiro atoms. The number of amides is 1. The van der Waals surface area contributed by atoms with Crippen LogP contribution in [0.15, 0.2) is 30.3 Å². The fourth-order valence-corrected chi connectivity index (χ4v) is 2.68. The van der Waals surface area contributed by atoms with Gasteiger partial charge in [-0.2, -0.15) is 0 Å². The van der Waals surface area contributed by atoms with Crippen molar-refractivity contribution in [3.05, 3.63) is 35.9 Å². The summed E-state index contributed by atoms with van der Waals surface area (Å²) in [6.45, 7) is 2.71. The van der Waals surface area contributed by atoms with Crippen LogP contribution in [0.3, 0.4) is 0 Å². The van der Waals surface area contributed by atoms with Crippen LogP contribution in [0.2, 0.25) is 0 Å². The predicted molar refractivity (Wildman–Crippen MR) is 79.2 cm³/mol. The number of carbonyl (C=O) groups is 1. The Bertz CT molecular complexity index is 408. The standard InChI is InChI=1S/C16H24N2O2/c17-10-4-8-14-9-5-11-18(12-14)16(19)20-13-15-6-2-1-3-7-15/h1-3,6-7,14H,4-5,8-13,17H2/t14-/m0/s1. The Morgan fingerprint density at radius 3 is 2.90 bits per heavy atom. The van der Waals surface area contributed by atoms with Crippen molar-refractivity contribution < 1.29 is 9.53 Å². The molecule has 20 heavy (non-hydrogen) atoms. The van der Waals surface area contributed by atoms with E-state index >= 15 is 0 Å². The summed E-state index contributed by atoms with van der Waals surface area (Å²) in [6.07, 6.45) is 4.22. The van der Waals surface area contributed by atoms with Crippen LogP contribution in [-0.2, 0) is 11.3 Å². The van der Waals surface area contributed by atoms with Gasteiger partial charge in [0.05, 0.1) is 0 Å². The topological polar surface area (TPSA) is 55.6 Å². The number of hydrogen-bond acceptors (Lipinski definition) is 3. The summed E-state index contributed by atoms with van der Waals surface area (Å²) in [7, 11) is 0. The molecule has 1 saturated heterocycles. The van der Waals surface area contributed by atoms with Gasteiger partial charge in [0.15, 0.2) is 0 Å². The Morgan fingerprint density at radius 2 is 2.15 bits per heavy atom. The molecule has 1 atom stereocenters. The van der Waals surface area contributed by atoms with E-state index in [1.807, 2.05) is 35.2 Å². The maximum atomic E-state index is 12.1. The van der Waals surface area contributed by atoms with Crippen molar-refractivity contribution in [3.8, 4) is 0 Å². The number of nitrogens with zero attached hydrogens (tertiary/aromatic N) is 1. The lowest BCUT2D eigenvalue weighted by Crippen LogP contribution is -2.40. The second-order valence-corrected chi connectivity index (χ2v) is 5.43. The van der Waals surface area contributed by atoms with Crippen molar-refractivity contribution in [1.29, 1.82) is 0 Å². The van der Waals surface area contributed by atoms with Crippen LogP contribution >= 0.6 is 0 Å². The highest BCUT2D eigenvalue weighted by molar-refractivity contribution is 5.67. The first-order chi connectivity index (χ1) is 9.79. The number of hydrogen-bond donors (Lipinski definition) is 1. The number of likely N-dealkylation sites (tertiary alicyclic amines) is 1. The van der Waals surface area contributed by atoms with Crippen molar-refractivity contribution in [3.63, 3.8) is 0 Å². The van der Waals surface area contributed by atoms with E-state index in [0.717, 1.165) is 44.5 Å². The summed E-state index contributed by atoms with van der Waals surface area (Å²) in [6, 6.07) is 9.79. The lowest BCUT2D eigenvalue weighted by Gasteiger charge is -2.32. The summed E-state index contributed by atoms with van der Waals surface area (Å²) < 4.78 is 5.38. The molecule has 0 unspecified atom stereocenters. The van der Waals surface area contributed by atoms with E-state index in [4.69, 9.17) is 10.5 Å². The third-order valence-corrected chi connectivity index (χ3v) is 3.80. The fraction of sp³-hybridized carbons (Fsp3) is 0.562. The van der Waals surface area contributed by atoms with Crippen molar-refractivity contribution in [2.75, 3.05) is 19.6 Å². The van der Waals surface area contributed by atoms with Crippen LogP contribution < -0.4 is 5.73 Å². The molecule has 0 radical (unpaired) electrons. The lowest BCUT2D eigenvalue weighted by molar-refractivity contribution is 0.0778. The van der Waals surface area contributed by atoms with Gasteiger partial charge >= 0.3 is 6.09 Å². The van der Waals surface area contributed by atoms with Gasteiger partial charge in [0.2, 0.25) is 0 Å². The van der Waals surface area contributed by atoms with Gasteiger partial charge in [-0.3, -0.25) is 0 Å². The average Bonchev–Trinajstić information content (AvgIpc) is 2.52. The molecule has 1 heterocycles. The van der Waals surface area contributed by atoms with Crippen LogP contribution in [0.5, 0.6) is 0 Å². The Labute approximate surface area is 120 Å². The quantitative estimate of drug-likeness (QED) is 0.899. The molecule has 1 fully saturated rings. The molecule has 4 heteroatoms. The third-order valence-electron chi connectivity index (χ3n) is 3.80. The molecular weight excluding hydrogens is 252 g/mol. The van der Waals surface area contributed by atoms with Crippen molar-refractivity contribution in [1.82, 2.24) is 4.90 Å². The van der Waals surface area contributed by atoms with Gasteiger partial charge in [-0.15, -0.1) is 0 Å². The van der Waals surface area contributed by atoms with Crippen LogP contribution in [0.1, 0.15) is 31.2 Å². The molecule has 0 bridgehead atoms. The minimum atomic E-state index is -0.189. The van der Waals surface area contributed by atoms with Gasteiger partial charge in [0.1, 0.15) is 6.61 Å². The maximum Gasteiger partial charge on any atom is 0.410 e. The normalized spacial score (nSPS) is 18.9. The minimum Gasteiger partial charge on any atom is -0.445 e. The molecular formula is C16H24N2O2. The summed E-state index contributed by atoms with van der Waals surface area (Å²) in [5.74, 6) is 0.580. The van der Waals surface area contributed by atoms with E-state index in [1.54, 1.807) is 0 Å². The Morgan fingerprint density at radius 1 is 1.35 bits per heavy atom. The Balaban J connectivity index is 1.77. The first-order valence-electron chi connectivity index (χ1n) is 7.45. The molecule has 4 nitrogen and oxygen atoms in total. The van der Waals surface area contributed by atoms with Gasteiger partial charge < -0.3 is 15.4 Å². The minimum absolute atomic E-state index is 0.189. The number of ether oxygens (including phenoxy) is 1. The van der Waals surface area contributed by atoms with E-state index in [9.17, 15) is 4.79 Å². The van der Waals surface area contributed by atoms with Gasteiger partial charge in [0, 0.05) is 13.1 Å². The van der Waals surface area contributed by atoms with Crippen molar-refractivity contribution in [2.45, 2.75) is 32.3 Å². The highest BCUT2D eigenvalue weighted by atomic mass is 16.6. The zero-order valence-corrected chi connectivity index (χ0v) is 12.0. The van der Waals surface area contributed by atoms with Gasteiger partial charge in [-0.1, -0.05) is 30.3 Å². The van der Waals surface area contributed by atoms with E-state index < -0.39 is 0 Å². The van der Waals surface area contributed by atoms with Crippen LogP contribution in [-0.4, -0.2) is 30.6 Å². The largest absolute Gasteiger partial charge is 0.445 e. The highest BCUT2D eigenvalue weighted by Gasteiger charge is 2.24. The number of benzene rings is 1. The van der Waals surface area contributed by atoms with Crippen LogP contribution in [0, 0.1) is 5.92 Å². The fourth-order valence-electron chi connectivity index (χ4n) is 2.68. The molecule has 1 aliphatic rings. The van der Waals surface area contributed by atoms with Crippen molar-refractivity contribution in [2.24, 2.45) is 11.7 Å². The molecule has 0 aliphatic carbocycles. The number of nitrogens with two attached hydrogens (primary N) is 1. The van der Waals surface area contributed by atoms with Gasteiger partial charge in [-0.25, -0.2) is 4.79 Å². The molecule has 1 amide bonds. The second-order valence-electron chi connectivity index (χ2n) is 5.43. The second kappa shape index (κ2) is 7.90. The molecule has 2 rings (SSSR count). The monoisotopic (exact) mass is 276 g/mol. The molecule has 1 aromatic rings. The van der Waals surface area contributed by atoms with E-state index in [2.05, 4.69) is 0 Å². The summed E-state index contributed by atoms with van der Waals surface area (Å²) in [5.41, 5.74) is 6.57. The first-order valence-corrected chi connectivity index (χ1v) is 7.45. The molecule has 1 aromatic carbocycles. The number of piperidine rings is 1. The van der Waals surface area contributed by atoms with Crippen molar-refractivity contribution >= 4 is 6.09 Å². The van der Waals surface area contributed by atoms with Gasteiger partial charge in [-0.05, 0) is 43.7 Å².